The number of benzene rings is 4. The fourth-order valence-electron chi connectivity index (χ4n) is 5.66. The number of carbonyl (C=O) groups excluding carboxylic acids is 2. The van der Waals surface area contributed by atoms with E-state index in [1.165, 1.54) is 22.7 Å². The second kappa shape index (κ2) is 17.3. The van der Waals surface area contributed by atoms with E-state index in [1.54, 1.807) is 52.3 Å². The van der Waals surface area contributed by atoms with Crippen LogP contribution in [0.4, 0.5) is 8.78 Å². The number of alkyl halides is 1. The van der Waals surface area contributed by atoms with Crippen molar-refractivity contribution < 1.29 is 18.4 Å². The van der Waals surface area contributed by atoms with Crippen molar-refractivity contribution in [1.82, 2.24) is 30.8 Å². The molecule has 8 nitrogen and oxygen atoms in total. The third-order valence-corrected chi connectivity index (χ3v) is 10.7. The molecule has 8 rings (SSSR count). The van der Waals surface area contributed by atoms with Gasteiger partial charge >= 0.3 is 0 Å². The number of nitrogens with zero attached hydrogens (tertiary/aromatic N) is 3. The molecule has 0 aliphatic carbocycles. The van der Waals surface area contributed by atoms with Gasteiger partial charge in [-0.05, 0) is 47.5 Å². The zero-order valence-corrected chi connectivity index (χ0v) is 31.7. The Labute approximate surface area is 319 Å². The number of aromatic nitrogens is 2. The molecule has 0 spiro atoms. The number of fused-ring (bicyclic) bond motifs is 2. The first kappa shape index (κ1) is 37.2. The Morgan fingerprint density at radius 1 is 0.765 bits per heavy atom. The van der Waals surface area contributed by atoms with Gasteiger partial charge < -0.3 is 20.9 Å². The minimum absolute atomic E-state index is 0.0145. The third kappa shape index (κ3) is 8.91. The van der Waals surface area contributed by atoms with Crippen molar-refractivity contribution in [2.24, 2.45) is 0 Å². The summed E-state index contributed by atoms with van der Waals surface area (Å²) in [6.45, 7) is 4.02. The second-order valence-electron chi connectivity index (χ2n) is 11.5. The van der Waals surface area contributed by atoms with E-state index in [-0.39, 0.29) is 30.0 Å². The van der Waals surface area contributed by atoms with E-state index in [4.69, 9.17) is 23.2 Å². The minimum atomic E-state index is -0.341. The summed E-state index contributed by atoms with van der Waals surface area (Å²) in [6.07, 6.45) is 0. The Morgan fingerprint density at radius 2 is 1.33 bits per heavy atom. The highest BCUT2D eigenvalue weighted by molar-refractivity contribution is 9.08. The van der Waals surface area contributed by atoms with Gasteiger partial charge in [-0.15, -0.1) is 22.7 Å². The van der Waals surface area contributed by atoms with Gasteiger partial charge in [0.15, 0.2) is 0 Å². The molecule has 2 fully saturated rings. The number of hydrogen-bond donors (Lipinski definition) is 3. The summed E-state index contributed by atoms with van der Waals surface area (Å²) in [5.74, 6) is -0.491. The largest absolute Gasteiger partial charge is 0.354 e. The van der Waals surface area contributed by atoms with Crippen LogP contribution in [-0.2, 0) is 21.5 Å². The summed E-state index contributed by atoms with van der Waals surface area (Å²) >= 11 is 18.4. The van der Waals surface area contributed by atoms with Gasteiger partial charge in [0.05, 0.1) is 44.5 Å². The van der Waals surface area contributed by atoms with Gasteiger partial charge in [-0.1, -0.05) is 63.4 Å². The van der Waals surface area contributed by atoms with Crippen LogP contribution in [-0.4, -0.2) is 66.0 Å². The molecule has 0 atom stereocenters. The summed E-state index contributed by atoms with van der Waals surface area (Å²) in [6, 6.07) is 17.9. The molecule has 264 valence electrons. The number of nitrogens with one attached hydrogen (secondary N) is 3. The van der Waals surface area contributed by atoms with Gasteiger partial charge in [0, 0.05) is 70.4 Å². The van der Waals surface area contributed by atoms with E-state index in [0.717, 1.165) is 34.6 Å². The lowest BCUT2D eigenvalue weighted by Gasteiger charge is -2.27. The van der Waals surface area contributed by atoms with Gasteiger partial charge in [0.25, 0.3) is 0 Å². The molecule has 15 heteroatoms. The first-order valence-corrected chi connectivity index (χ1v) is 19.5. The van der Waals surface area contributed by atoms with Gasteiger partial charge in [-0.2, -0.15) is 0 Å². The molecule has 51 heavy (non-hydrogen) atoms. The topological polar surface area (TPSA) is 99.2 Å². The molecule has 4 heterocycles. The number of amides is 2. The molecule has 0 unspecified atom stereocenters. The van der Waals surface area contributed by atoms with Crippen LogP contribution in [0.2, 0.25) is 10.0 Å². The van der Waals surface area contributed by atoms with Crippen molar-refractivity contribution in [3.8, 4) is 22.3 Å². The highest BCUT2D eigenvalue weighted by Gasteiger charge is 2.23. The molecular weight excluding hydrogens is 801 g/mol. The zero-order valence-electron chi connectivity index (χ0n) is 26.9. The van der Waals surface area contributed by atoms with Crippen molar-refractivity contribution >= 4 is 94.1 Å². The molecule has 0 bridgehead atoms. The number of rotatable bonds is 5. The summed E-state index contributed by atoms with van der Waals surface area (Å²) in [4.78, 5) is 32.6. The maximum Gasteiger partial charge on any atom is 0.236 e. The predicted octanol–water partition coefficient (Wildman–Crippen LogP) is 8.04. The Kier molecular flexibility index (Phi) is 12.6. The van der Waals surface area contributed by atoms with E-state index in [0.29, 0.717) is 73.9 Å². The Morgan fingerprint density at radius 3 is 1.82 bits per heavy atom. The molecular formula is C36H31BrCl2F2N6O2S2. The standard InChI is InChI=1S/C18H15ClFN3OS.C14H8BrClFNS.C4H8N2O/c19-13-3-1-2-11(6-13)16-17(20)12(7-14-18(16)22-10-25-14)9-23-5-4-21-8-15(23)24;15-6-9-5-11-14(18-7-19-11)12(13(9)17)8-2-1-3-10(16)4-8;7-4-3-5-1-2-6-4/h1-3,6-7,10,21H,4-5,8-9H2;1-5,7H,6H2;5H,1-3H2,(H,6,7). The Bertz CT molecular complexity index is 2190. The highest BCUT2D eigenvalue weighted by Crippen LogP contribution is 2.37. The highest BCUT2D eigenvalue weighted by atomic mass is 79.9. The first-order valence-electron chi connectivity index (χ1n) is 15.9. The lowest BCUT2D eigenvalue weighted by atomic mass is 10.00. The fourth-order valence-corrected chi connectivity index (χ4v) is 7.95. The number of thiazole rings is 2. The molecule has 6 aromatic rings. The zero-order chi connectivity index (χ0) is 35.9. The molecule has 2 amide bonds. The minimum Gasteiger partial charge on any atom is -0.354 e. The average Bonchev–Trinajstić information content (AvgIpc) is 3.80. The molecule has 2 saturated heterocycles. The van der Waals surface area contributed by atoms with E-state index >= 15 is 4.39 Å². The van der Waals surface area contributed by atoms with E-state index in [9.17, 15) is 14.0 Å². The fraction of sp³-hybridized carbons (Fsp3) is 0.222. The van der Waals surface area contributed by atoms with Crippen LogP contribution < -0.4 is 16.0 Å². The van der Waals surface area contributed by atoms with Gasteiger partial charge in [0.1, 0.15) is 11.6 Å². The van der Waals surface area contributed by atoms with Crippen molar-refractivity contribution in [3.63, 3.8) is 0 Å². The quantitative estimate of drug-likeness (QED) is 0.152. The SMILES string of the molecule is Fc1c(CBr)cc2scnc2c1-c1cccc(Cl)c1.O=C1CNCCN1.O=C1CNCCN1Cc1cc2scnc2c(-c2cccc(Cl)c2)c1F. The molecule has 2 aliphatic rings. The number of piperazine rings is 2. The predicted molar refractivity (Wildman–Crippen MR) is 207 cm³/mol. The van der Waals surface area contributed by atoms with Crippen molar-refractivity contribution in [2.45, 2.75) is 11.9 Å². The van der Waals surface area contributed by atoms with Crippen molar-refractivity contribution in [1.29, 1.82) is 0 Å². The molecule has 2 aromatic heterocycles. The van der Waals surface area contributed by atoms with Crippen LogP contribution in [0.15, 0.2) is 71.7 Å². The van der Waals surface area contributed by atoms with Crippen LogP contribution in [0.1, 0.15) is 11.1 Å². The van der Waals surface area contributed by atoms with E-state index in [1.807, 2.05) is 24.3 Å². The average molecular weight is 833 g/mol. The van der Waals surface area contributed by atoms with Crippen LogP contribution in [0.3, 0.4) is 0 Å². The lowest BCUT2D eigenvalue weighted by Crippen LogP contribution is -2.47. The summed E-state index contributed by atoms with van der Waals surface area (Å²) in [5.41, 5.74) is 8.30. The van der Waals surface area contributed by atoms with Crippen LogP contribution in [0.5, 0.6) is 0 Å². The Balaban J connectivity index is 0.000000151. The molecule has 0 radical (unpaired) electrons. The van der Waals surface area contributed by atoms with Gasteiger partial charge in [-0.3, -0.25) is 9.59 Å². The number of hydrogen-bond acceptors (Lipinski definition) is 8. The summed E-state index contributed by atoms with van der Waals surface area (Å²) < 4.78 is 31.8. The van der Waals surface area contributed by atoms with E-state index in [2.05, 4.69) is 41.8 Å². The first-order chi connectivity index (χ1) is 24.7. The van der Waals surface area contributed by atoms with Crippen molar-refractivity contribution in [3.05, 3.63) is 104 Å². The lowest BCUT2D eigenvalue weighted by molar-refractivity contribution is -0.132. The monoisotopic (exact) mass is 830 g/mol. The van der Waals surface area contributed by atoms with Gasteiger partial charge in [-0.25, -0.2) is 18.7 Å². The summed E-state index contributed by atoms with van der Waals surface area (Å²) in [7, 11) is 0. The van der Waals surface area contributed by atoms with Crippen LogP contribution in [0.25, 0.3) is 42.7 Å². The smallest absolute Gasteiger partial charge is 0.236 e. The molecule has 4 aromatic carbocycles. The van der Waals surface area contributed by atoms with Crippen molar-refractivity contribution in [2.75, 3.05) is 39.3 Å². The second-order valence-corrected chi connectivity index (χ2v) is 14.7. The maximum atomic E-state index is 15.3. The molecule has 2 aliphatic heterocycles. The number of halogens is 5. The summed E-state index contributed by atoms with van der Waals surface area (Å²) in [5, 5.41) is 10.2. The normalized spacial score (nSPS) is 14.5. The van der Waals surface area contributed by atoms with Crippen LogP contribution in [0, 0.1) is 11.6 Å². The maximum absolute atomic E-state index is 15.3. The number of carbonyl (C=O) groups is 2. The molecule has 0 saturated carbocycles. The Hall–Kier alpha value is -3.56. The van der Waals surface area contributed by atoms with E-state index < -0.39 is 0 Å². The van der Waals surface area contributed by atoms with Crippen LogP contribution >= 0.6 is 61.8 Å². The molecule has 3 N–H and O–H groups in total. The van der Waals surface area contributed by atoms with Gasteiger partial charge in [0.2, 0.25) is 11.8 Å². The third-order valence-electron chi connectivity index (χ3n) is 8.11.